The first kappa shape index (κ1) is 16.3. The van der Waals surface area contributed by atoms with Gasteiger partial charge in [0, 0.05) is 18.3 Å². The smallest absolute Gasteiger partial charge is 0.238 e. The van der Waals surface area contributed by atoms with Crippen LogP contribution in [0.15, 0.2) is 24.4 Å². The molecule has 1 N–H and O–H groups in total. The van der Waals surface area contributed by atoms with Gasteiger partial charge in [0.05, 0.1) is 17.6 Å². The van der Waals surface area contributed by atoms with Gasteiger partial charge < -0.3 is 10.2 Å². The first-order valence-electron chi connectivity index (χ1n) is 8.42. The number of anilines is 2. The standard InChI is InChI=1S/C18H18ClFN4O/c1-2-7-21-15-11(9-22-17(19)23-15)10-24-14-8-12(20)3-4-13(14)18(5-6-18)16(24)25/h3-4,8-9H,2,5-7,10H2,1H3,(H,21,22,23). The summed E-state index contributed by atoms with van der Waals surface area (Å²) >= 11 is 5.91. The molecule has 1 spiro atoms. The highest BCUT2D eigenvalue weighted by Gasteiger charge is 2.59. The number of nitrogens with zero attached hydrogens (tertiary/aromatic N) is 3. The van der Waals surface area contributed by atoms with Crippen LogP contribution in [0.25, 0.3) is 0 Å². The fourth-order valence-corrected chi connectivity index (χ4v) is 3.58. The van der Waals surface area contributed by atoms with E-state index in [0.717, 1.165) is 36.9 Å². The zero-order valence-corrected chi connectivity index (χ0v) is 14.6. The predicted octanol–water partition coefficient (Wildman–Crippen LogP) is 3.67. The van der Waals surface area contributed by atoms with E-state index in [1.807, 2.05) is 0 Å². The van der Waals surface area contributed by atoms with Crippen LogP contribution in [-0.2, 0) is 16.8 Å². The molecule has 0 atom stereocenters. The van der Waals surface area contributed by atoms with Crippen molar-refractivity contribution in [2.45, 2.75) is 38.1 Å². The largest absolute Gasteiger partial charge is 0.370 e. The van der Waals surface area contributed by atoms with Gasteiger partial charge in [-0.3, -0.25) is 4.79 Å². The van der Waals surface area contributed by atoms with Crippen LogP contribution in [0.4, 0.5) is 15.9 Å². The van der Waals surface area contributed by atoms with Gasteiger partial charge in [-0.2, -0.15) is 0 Å². The monoisotopic (exact) mass is 360 g/mol. The van der Waals surface area contributed by atoms with Crippen molar-refractivity contribution in [1.29, 1.82) is 0 Å². The number of hydrogen-bond acceptors (Lipinski definition) is 4. The molecule has 1 fully saturated rings. The molecule has 2 aromatic rings. The van der Waals surface area contributed by atoms with Crippen LogP contribution in [0.5, 0.6) is 0 Å². The quantitative estimate of drug-likeness (QED) is 0.826. The van der Waals surface area contributed by atoms with Gasteiger partial charge in [-0.25, -0.2) is 14.4 Å². The van der Waals surface area contributed by atoms with Crippen molar-refractivity contribution in [2.75, 3.05) is 16.8 Å². The Labute approximate surface area is 150 Å². The molecule has 1 aromatic carbocycles. The number of nitrogens with one attached hydrogen (secondary N) is 1. The van der Waals surface area contributed by atoms with Gasteiger partial charge in [-0.1, -0.05) is 13.0 Å². The summed E-state index contributed by atoms with van der Waals surface area (Å²) in [5.41, 5.74) is 1.89. The zero-order chi connectivity index (χ0) is 17.6. The number of aromatic nitrogens is 2. The molecule has 1 amide bonds. The van der Waals surface area contributed by atoms with E-state index in [0.29, 0.717) is 18.1 Å². The van der Waals surface area contributed by atoms with Crippen LogP contribution in [-0.4, -0.2) is 22.4 Å². The van der Waals surface area contributed by atoms with E-state index in [1.165, 1.54) is 12.1 Å². The number of hydrogen-bond donors (Lipinski definition) is 1. The average Bonchev–Trinajstić information content (AvgIpc) is 3.36. The second-order valence-corrected chi connectivity index (χ2v) is 6.91. The number of carbonyl (C=O) groups is 1. The maximum atomic E-state index is 13.8. The Morgan fingerprint density at radius 3 is 2.92 bits per heavy atom. The number of fused-ring (bicyclic) bond motifs is 2. The van der Waals surface area contributed by atoms with Crippen LogP contribution in [0.1, 0.15) is 37.3 Å². The van der Waals surface area contributed by atoms with Crippen molar-refractivity contribution >= 4 is 29.0 Å². The van der Waals surface area contributed by atoms with Crippen molar-refractivity contribution in [3.05, 3.63) is 46.6 Å². The minimum absolute atomic E-state index is 0.0319. The molecule has 1 aliphatic carbocycles. The Morgan fingerprint density at radius 2 is 2.20 bits per heavy atom. The van der Waals surface area contributed by atoms with Crippen molar-refractivity contribution in [3.8, 4) is 0 Å². The van der Waals surface area contributed by atoms with Crippen molar-refractivity contribution in [2.24, 2.45) is 0 Å². The molecule has 1 saturated carbocycles. The lowest BCUT2D eigenvalue weighted by atomic mass is 9.98. The molecule has 7 heteroatoms. The Morgan fingerprint density at radius 1 is 1.40 bits per heavy atom. The fourth-order valence-electron chi connectivity index (χ4n) is 3.45. The van der Waals surface area contributed by atoms with E-state index in [1.54, 1.807) is 17.2 Å². The zero-order valence-electron chi connectivity index (χ0n) is 13.9. The van der Waals surface area contributed by atoms with E-state index >= 15 is 0 Å². The number of halogens is 2. The summed E-state index contributed by atoms with van der Waals surface area (Å²) in [6.45, 7) is 3.08. The third-order valence-corrected chi connectivity index (χ3v) is 5.06. The summed E-state index contributed by atoms with van der Waals surface area (Å²) in [4.78, 5) is 22.9. The van der Waals surface area contributed by atoms with E-state index in [4.69, 9.17) is 11.6 Å². The maximum Gasteiger partial charge on any atom is 0.238 e. The molecule has 0 bridgehead atoms. The maximum absolute atomic E-state index is 13.8. The van der Waals surface area contributed by atoms with Crippen LogP contribution >= 0.6 is 11.6 Å². The van der Waals surface area contributed by atoms with Gasteiger partial charge in [0.2, 0.25) is 11.2 Å². The van der Waals surface area contributed by atoms with Crippen LogP contribution in [0.3, 0.4) is 0 Å². The predicted molar refractivity (Wildman–Crippen MR) is 94.3 cm³/mol. The van der Waals surface area contributed by atoms with Crippen molar-refractivity contribution < 1.29 is 9.18 Å². The Hall–Kier alpha value is -2.21. The molecule has 1 aliphatic heterocycles. The minimum atomic E-state index is -0.451. The minimum Gasteiger partial charge on any atom is -0.370 e. The summed E-state index contributed by atoms with van der Waals surface area (Å²) in [6, 6.07) is 4.61. The Kier molecular flexibility index (Phi) is 3.87. The third kappa shape index (κ3) is 2.65. The second-order valence-electron chi connectivity index (χ2n) is 6.57. The normalized spacial score (nSPS) is 17.1. The number of rotatable bonds is 5. The molecule has 0 saturated heterocycles. The summed E-state index contributed by atoms with van der Waals surface area (Å²) in [7, 11) is 0. The van der Waals surface area contributed by atoms with Crippen molar-refractivity contribution in [1.82, 2.24) is 9.97 Å². The molecule has 2 aliphatic rings. The highest BCUT2D eigenvalue weighted by atomic mass is 35.5. The number of amides is 1. The summed E-state index contributed by atoms with van der Waals surface area (Å²) in [5, 5.41) is 3.37. The molecular weight excluding hydrogens is 343 g/mol. The van der Waals surface area contributed by atoms with E-state index < -0.39 is 5.41 Å². The summed E-state index contributed by atoms with van der Waals surface area (Å²) < 4.78 is 13.8. The van der Waals surface area contributed by atoms with E-state index in [-0.39, 0.29) is 17.0 Å². The van der Waals surface area contributed by atoms with Gasteiger partial charge in [0.15, 0.2) is 0 Å². The third-order valence-electron chi connectivity index (χ3n) is 4.88. The van der Waals surface area contributed by atoms with Crippen molar-refractivity contribution in [3.63, 3.8) is 0 Å². The number of benzene rings is 1. The van der Waals surface area contributed by atoms with Gasteiger partial charge in [0.25, 0.3) is 0 Å². The first-order chi connectivity index (χ1) is 12.0. The molecule has 0 radical (unpaired) electrons. The number of carbonyl (C=O) groups excluding carboxylic acids is 1. The molecule has 5 nitrogen and oxygen atoms in total. The lowest BCUT2D eigenvalue weighted by Crippen LogP contribution is -2.32. The van der Waals surface area contributed by atoms with Gasteiger partial charge >= 0.3 is 0 Å². The summed E-state index contributed by atoms with van der Waals surface area (Å²) in [5.74, 6) is 0.305. The van der Waals surface area contributed by atoms with Gasteiger partial charge in [0.1, 0.15) is 11.6 Å². The molecule has 25 heavy (non-hydrogen) atoms. The van der Waals surface area contributed by atoms with Crippen LogP contribution in [0, 0.1) is 5.82 Å². The van der Waals surface area contributed by atoms with Gasteiger partial charge in [-0.15, -0.1) is 0 Å². The highest BCUT2D eigenvalue weighted by Crippen LogP contribution is 2.57. The lowest BCUT2D eigenvalue weighted by molar-refractivity contribution is -0.120. The lowest BCUT2D eigenvalue weighted by Gasteiger charge is -2.20. The fraction of sp³-hybridized carbons (Fsp3) is 0.389. The van der Waals surface area contributed by atoms with Crippen LogP contribution in [0.2, 0.25) is 5.28 Å². The van der Waals surface area contributed by atoms with Crippen LogP contribution < -0.4 is 10.2 Å². The first-order valence-corrected chi connectivity index (χ1v) is 8.80. The van der Waals surface area contributed by atoms with E-state index in [2.05, 4.69) is 22.2 Å². The molecule has 4 rings (SSSR count). The second kappa shape index (κ2) is 5.95. The highest BCUT2D eigenvalue weighted by molar-refractivity contribution is 6.28. The SMILES string of the molecule is CCCNc1nc(Cl)ncc1CN1C(=O)C2(CC2)c2ccc(F)cc21. The van der Waals surface area contributed by atoms with E-state index in [9.17, 15) is 9.18 Å². The van der Waals surface area contributed by atoms with Gasteiger partial charge in [-0.05, 0) is 48.6 Å². The molecule has 2 heterocycles. The topological polar surface area (TPSA) is 58.1 Å². The average molecular weight is 361 g/mol. The molecule has 1 aromatic heterocycles. The summed E-state index contributed by atoms with van der Waals surface area (Å²) in [6.07, 6.45) is 4.19. The molecular formula is C18H18ClFN4O. The molecule has 0 unspecified atom stereocenters. The Balaban J connectivity index is 1.70. The molecule has 130 valence electrons. The Bertz CT molecular complexity index is 853.